The van der Waals surface area contributed by atoms with Crippen LogP contribution in [-0.4, -0.2) is 26.1 Å². The maximum atomic E-state index is 11.9. The quantitative estimate of drug-likeness (QED) is 0.861. The second kappa shape index (κ2) is 4.61. The van der Waals surface area contributed by atoms with Crippen LogP contribution in [0.4, 0.5) is 5.69 Å². The van der Waals surface area contributed by atoms with Gasteiger partial charge in [-0.2, -0.15) is 0 Å². The summed E-state index contributed by atoms with van der Waals surface area (Å²) in [7, 11) is -3.57. The highest BCUT2D eigenvalue weighted by molar-refractivity contribution is 7.90. The maximum Gasteiger partial charge on any atom is 0.264 e. The molecule has 0 unspecified atom stereocenters. The van der Waals surface area contributed by atoms with Gasteiger partial charge in [0, 0.05) is 17.8 Å². The van der Waals surface area contributed by atoms with Gasteiger partial charge in [0.2, 0.25) is 10.0 Å². The first-order valence-corrected chi connectivity index (χ1v) is 7.37. The number of benzene rings is 1. The summed E-state index contributed by atoms with van der Waals surface area (Å²) >= 11 is 0. The fraction of sp³-hybridized carbons (Fsp3) is 0.417. The van der Waals surface area contributed by atoms with E-state index >= 15 is 0 Å². The first-order chi connectivity index (χ1) is 8.40. The molecule has 5 nitrogen and oxygen atoms in total. The molecule has 0 aliphatic carbocycles. The summed E-state index contributed by atoms with van der Waals surface area (Å²) in [6.07, 6.45) is 0.855. The molecule has 0 fully saturated rings. The zero-order valence-electron chi connectivity index (χ0n) is 10.4. The van der Waals surface area contributed by atoms with Crippen molar-refractivity contribution in [3.05, 3.63) is 29.3 Å². The van der Waals surface area contributed by atoms with Crippen molar-refractivity contribution in [3.8, 4) is 0 Å². The van der Waals surface area contributed by atoms with Crippen molar-refractivity contribution in [2.75, 3.05) is 11.9 Å². The lowest BCUT2D eigenvalue weighted by Gasteiger charge is -2.10. The molecule has 2 rings (SSSR count). The van der Waals surface area contributed by atoms with Crippen molar-refractivity contribution in [1.82, 2.24) is 4.72 Å². The Morgan fingerprint density at radius 3 is 2.78 bits per heavy atom. The third kappa shape index (κ3) is 2.48. The van der Waals surface area contributed by atoms with E-state index in [0.29, 0.717) is 5.56 Å². The highest BCUT2D eigenvalue weighted by atomic mass is 32.2. The average molecular weight is 268 g/mol. The monoisotopic (exact) mass is 268 g/mol. The fourth-order valence-electron chi connectivity index (χ4n) is 1.75. The molecule has 0 radical (unpaired) electrons. The summed E-state index contributed by atoms with van der Waals surface area (Å²) in [4.78, 5) is 11.9. The van der Waals surface area contributed by atoms with Crippen molar-refractivity contribution in [2.24, 2.45) is 0 Å². The predicted octanol–water partition coefficient (Wildman–Crippen LogP) is 1.12. The average Bonchev–Trinajstić information content (AvgIpc) is 2.74. The van der Waals surface area contributed by atoms with Crippen LogP contribution in [0.3, 0.4) is 0 Å². The molecule has 0 aromatic heterocycles. The van der Waals surface area contributed by atoms with Gasteiger partial charge >= 0.3 is 0 Å². The summed E-state index contributed by atoms with van der Waals surface area (Å²) in [5.41, 5.74) is 2.43. The molecule has 1 aliphatic rings. The summed E-state index contributed by atoms with van der Waals surface area (Å²) in [6, 6.07) is 5.17. The number of amides is 1. The van der Waals surface area contributed by atoms with E-state index in [-0.39, 0.29) is 0 Å². The Kier molecular flexibility index (Phi) is 3.30. The lowest BCUT2D eigenvalue weighted by atomic mass is 10.1. The van der Waals surface area contributed by atoms with E-state index in [0.717, 1.165) is 24.2 Å². The largest absolute Gasteiger partial charge is 0.384 e. The number of hydrogen-bond acceptors (Lipinski definition) is 4. The van der Waals surface area contributed by atoms with E-state index in [9.17, 15) is 13.2 Å². The smallest absolute Gasteiger partial charge is 0.264 e. The second-order valence-electron chi connectivity index (χ2n) is 4.57. The van der Waals surface area contributed by atoms with Crippen LogP contribution in [0, 0.1) is 0 Å². The van der Waals surface area contributed by atoms with Gasteiger partial charge in [0.25, 0.3) is 5.91 Å². The van der Waals surface area contributed by atoms with Crippen LogP contribution >= 0.6 is 0 Å². The number of carbonyl (C=O) groups is 1. The van der Waals surface area contributed by atoms with Gasteiger partial charge in [0.1, 0.15) is 0 Å². The number of nitrogens with one attached hydrogen (secondary N) is 2. The Morgan fingerprint density at radius 1 is 1.39 bits per heavy atom. The van der Waals surface area contributed by atoms with Crippen LogP contribution in [0.1, 0.15) is 29.8 Å². The van der Waals surface area contributed by atoms with Crippen molar-refractivity contribution in [2.45, 2.75) is 25.5 Å². The molecule has 1 aliphatic heterocycles. The van der Waals surface area contributed by atoms with Crippen LogP contribution in [-0.2, 0) is 16.4 Å². The molecule has 2 N–H and O–H groups in total. The molecule has 0 atom stereocenters. The van der Waals surface area contributed by atoms with E-state index in [4.69, 9.17) is 0 Å². The highest BCUT2D eigenvalue weighted by Gasteiger charge is 2.21. The maximum absolute atomic E-state index is 11.9. The SMILES string of the molecule is CC(C)S(=O)(=O)NC(=O)c1ccc2c(c1)CCN2. The molecule has 1 aromatic rings. The van der Waals surface area contributed by atoms with Gasteiger partial charge < -0.3 is 5.32 Å². The Bertz CT molecular complexity index is 579. The Morgan fingerprint density at radius 2 is 2.11 bits per heavy atom. The van der Waals surface area contributed by atoms with E-state index in [1.54, 1.807) is 18.2 Å². The Labute approximate surface area is 107 Å². The molecular formula is C12H16N2O3S. The highest BCUT2D eigenvalue weighted by Crippen LogP contribution is 2.23. The number of hydrogen-bond donors (Lipinski definition) is 2. The van der Waals surface area contributed by atoms with Gasteiger partial charge in [-0.25, -0.2) is 13.1 Å². The first-order valence-electron chi connectivity index (χ1n) is 5.83. The topological polar surface area (TPSA) is 75.3 Å². The van der Waals surface area contributed by atoms with Crippen molar-refractivity contribution in [3.63, 3.8) is 0 Å². The zero-order chi connectivity index (χ0) is 13.3. The number of sulfonamides is 1. The van der Waals surface area contributed by atoms with Gasteiger partial charge in [0.05, 0.1) is 5.25 Å². The molecule has 0 bridgehead atoms. The zero-order valence-corrected chi connectivity index (χ0v) is 11.2. The lowest BCUT2D eigenvalue weighted by Crippen LogP contribution is -2.35. The Hall–Kier alpha value is -1.56. The van der Waals surface area contributed by atoms with Gasteiger partial charge in [-0.05, 0) is 44.0 Å². The molecular weight excluding hydrogens is 252 g/mol. The van der Waals surface area contributed by atoms with Gasteiger partial charge in [-0.1, -0.05) is 0 Å². The molecule has 0 saturated carbocycles. The summed E-state index contributed by atoms with van der Waals surface area (Å²) in [5, 5.41) is 2.56. The summed E-state index contributed by atoms with van der Waals surface area (Å²) in [6.45, 7) is 3.91. The van der Waals surface area contributed by atoms with Gasteiger partial charge in [-0.15, -0.1) is 0 Å². The minimum absolute atomic E-state index is 0.377. The van der Waals surface area contributed by atoms with Crippen molar-refractivity contribution in [1.29, 1.82) is 0 Å². The first kappa shape index (κ1) is 12.9. The van der Waals surface area contributed by atoms with E-state index < -0.39 is 21.2 Å². The molecule has 18 heavy (non-hydrogen) atoms. The third-order valence-electron chi connectivity index (χ3n) is 2.93. The Balaban J connectivity index is 2.20. The molecule has 0 saturated heterocycles. The van der Waals surface area contributed by atoms with Crippen molar-refractivity contribution >= 4 is 21.6 Å². The van der Waals surface area contributed by atoms with Crippen LogP contribution in [0.5, 0.6) is 0 Å². The van der Waals surface area contributed by atoms with Gasteiger partial charge in [0.15, 0.2) is 0 Å². The van der Waals surface area contributed by atoms with E-state index in [1.165, 1.54) is 13.8 Å². The second-order valence-corrected chi connectivity index (χ2v) is 6.81. The van der Waals surface area contributed by atoms with E-state index in [2.05, 4.69) is 10.0 Å². The minimum atomic E-state index is -3.57. The number of anilines is 1. The standard InChI is InChI=1S/C12H16N2O3S/c1-8(2)18(16,17)14-12(15)10-3-4-11-9(7-10)5-6-13-11/h3-4,7-8,13H,5-6H2,1-2H3,(H,14,15). The minimum Gasteiger partial charge on any atom is -0.384 e. The van der Waals surface area contributed by atoms with E-state index in [1.807, 2.05) is 0 Å². The molecule has 1 heterocycles. The van der Waals surface area contributed by atoms with Gasteiger partial charge in [-0.3, -0.25) is 4.79 Å². The molecule has 0 spiro atoms. The molecule has 6 heteroatoms. The number of rotatable bonds is 3. The lowest BCUT2D eigenvalue weighted by molar-refractivity contribution is 0.0981. The van der Waals surface area contributed by atoms with Crippen LogP contribution in [0.25, 0.3) is 0 Å². The number of carbonyl (C=O) groups excluding carboxylic acids is 1. The van der Waals surface area contributed by atoms with Crippen LogP contribution in [0.2, 0.25) is 0 Å². The predicted molar refractivity (Wildman–Crippen MR) is 70.2 cm³/mol. The van der Waals surface area contributed by atoms with Crippen LogP contribution in [0.15, 0.2) is 18.2 Å². The molecule has 1 amide bonds. The molecule has 1 aromatic carbocycles. The van der Waals surface area contributed by atoms with Crippen LogP contribution < -0.4 is 10.0 Å². The normalized spacial score (nSPS) is 14.2. The summed E-state index contributed by atoms with van der Waals surface area (Å²) in [5.74, 6) is -0.571. The fourth-order valence-corrected chi connectivity index (χ4v) is 2.36. The number of fused-ring (bicyclic) bond motifs is 1. The third-order valence-corrected chi connectivity index (χ3v) is 4.64. The van der Waals surface area contributed by atoms with Crippen molar-refractivity contribution < 1.29 is 13.2 Å². The summed E-state index contributed by atoms with van der Waals surface area (Å²) < 4.78 is 25.3. The molecule has 98 valence electrons.